The number of carbonyl (C=O) groups excluding carboxylic acids is 1. The molecule has 1 amide bonds. The van der Waals surface area contributed by atoms with Crippen molar-refractivity contribution in [3.8, 4) is 0 Å². The fourth-order valence-corrected chi connectivity index (χ4v) is 2.36. The molecule has 106 valence electrons. The molecule has 5 heteroatoms. The molecule has 1 aromatic heterocycles. The van der Waals surface area contributed by atoms with Gasteiger partial charge in [-0.2, -0.15) is 4.98 Å². The van der Waals surface area contributed by atoms with Gasteiger partial charge in [-0.1, -0.05) is 20.8 Å². The Morgan fingerprint density at radius 3 is 2.89 bits per heavy atom. The van der Waals surface area contributed by atoms with Crippen LogP contribution in [0.3, 0.4) is 0 Å². The second-order valence-corrected chi connectivity index (χ2v) is 6.40. The number of nitrogens with zero attached hydrogens (tertiary/aromatic N) is 2. The lowest BCUT2D eigenvalue weighted by atomic mass is 9.90. The second kappa shape index (κ2) is 5.23. The predicted octanol–water partition coefficient (Wildman–Crippen LogP) is 2.36. The Balaban J connectivity index is 1.85. The molecule has 0 spiro atoms. The number of fused-ring (bicyclic) bond motifs is 1. The van der Waals surface area contributed by atoms with Crippen LogP contribution in [0.5, 0.6) is 0 Å². The summed E-state index contributed by atoms with van der Waals surface area (Å²) in [5.74, 6) is 1.03. The normalized spacial score (nSPS) is 15.4. The van der Waals surface area contributed by atoms with Gasteiger partial charge in [0.2, 0.25) is 5.91 Å². The predicted molar refractivity (Wildman–Crippen MR) is 73.3 cm³/mol. The molecule has 0 bridgehead atoms. The Morgan fingerprint density at radius 2 is 2.21 bits per heavy atom. The van der Waals surface area contributed by atoms with E-state index in [2.05, 4.69) is 25.8 Å². The largest absolute Gasteiger partial charge is 0.428 e. The minimum atomic E-state index is 0.201. The number of amides is 1. The monoisotopic (exact) mass is 265 g/mol. The molecule has 2 N–H and O–H groups in total. The minimum Gasteiger partial charge on any atom is -0.428 e. The number of nitrogens with two attached hydrogens (primary N) is 1. The Hall–Kier alpha value is -1.52. The summed E-state index contributed by atoms with van der Waals surface area (Å²) in [5.41, 5.74) is 6.63. The van der Waals surface area contributed by atoms with Crippen molar-refractivity contribution in [3.05, 3.63) is 11.5 Å². The zero-order valence-electron chi connectivity index (χ0n) is 12.0. The molecule has 2 heterocycles. The number of hydrogen-bond donors (Lipinski definition) is 1. The van der Waals surface area contributed by atoms with Gasteiger partial charge in [0.25, 0.3) is 6.01 Å². The molecular weight excluding hydrogens is 242 g/mol. The number of carbonyl (C=O) groups is 1. The molecule has 2 rings (SSSR count). The van der Waals surface area contributed by atoms with Gasteiger partial charge in [0.05, 0.1) is 6.54 Å². The third-order valence-electron chi connectivity index (χ3n) is 3.41. The van der Waals surface area contributed by atoms with Crippen LogP contribution in [0.15, 0.2) is 4.42 Å². The van der Waals surface area contributed by atoms with Crippen molar-refractivity contribution in [2.24, 2.45) is 5.41 Å². The molecule has 0 fully saturated rings. The Labute approximate surface area is 114 Å². The van der Waals surface area contributed by atoms with E-state index in [0.717, 1.165) is 24.3 Å². The highest BCUT2D eigenvalue weighted by molar-refractivity contribution is 5.76. The van der Waals surface area contributed by atoms with E-state index in [1.807, 2.05) is 4.90 Å². The smallest absolute Gasteiger partial charge is 0.292 e. The number of hydrogen-bond acceptors (Lipinski definition) is 4. The maximum atomic E-state index is 12.1. The fraction of sp³-hybridized carbons (Fsp3) is 0.714. The van der Waals surface area contributed by atoms with E-state index < -0.39 is 0 Å². The molecule has 5 nitrogen and oxygen atoms in total. The third kappa shape index (κ3) is 3.72. The SMILES string of the molecule is CC(C)(C)CCCC(=O)N1CCc2oc(N)nc2C1. The Bertz CT molecular complexity index is 460. The number of rotatable bonds is 3. The lowest BCUT2D eigenvalue weighted by Gasteiger charge is -2.26. The highest BCUT2D eigenvalue weighted by atomic mass is 16.4. The quantitative estimate of drug-likeness (QED) is 0.910. The maximum absolute atomic E-state index is 12.1. The van der Waals surface area contributed by atoms with Crippen molar-refractivity contribution in [2.75, 3.05) is 12.3 Å². The zero-order chi connectivity index (χ0) is 14.0. The first-order chi connectivity index (χ1) is 8.85. The zero-order valence-corrected chi connectivity index (χ0v) is 12.0. The van der Waals surface area contributed by atoms with Gasteiger partial charge < -0.3 is 15.1 Å². The van der Waals surface area contributed by atoms with Crippen LogP contribution in [0, 0.1) is 5.41 Å². The van der Waals surface area contributed by atoms with Gasteiger partial charge in [0.15, 0.2) is 0 Å². The molecule has 1 aliphatic heterocycles. The summed E-state index contributed by atoms with van der Waals surface area (Å²) in [6.45, 7) is 7.83. The molecule has 1 aliphatic rings. The maximum Gasteiger partial charge on any atom is 0.292 e. The lowest BCUT2D eigenvalue weighted by Crippen LogP contribution is -2.35. The average molecular weight is 265 g/mol. The first kappa shape index (κ1) is 13.9. The van der Waals surface area contributed by atoms with Crippen LogP contribution < -0.4 is 5.73 Å². The van der Waals surface area contributed by atoms with Gasteiger partial charge in [-0.25, -0.2) is 0 Å². The Morgan fingerprint density at radius 1 is 1.47 bits per heavy atom. The molecule has 0 saturated heterocycles. The van der Waals surface area contributed by atoms with Crippen molar-refractivity contribution in [1.29, 1.82) is 0 Å². The minimum absolute atomic E-state index is 0.201. The summed E-state index contributed by atoms with van der Waals surface area (Å²) in [6, 6.07) is 0.201. The van der Waals surface area contributed by atoms with E-state index in [4.69, 9.17) is 10.2 Å². The standard InChI is InChI=1S/C14H23N3O2/c1-14(2,3)7-4-5-12(18)17-8-6-11-10(9-17)16-13(15)19-11/h4-9H2,1-3H3,(H2,15,16). The van der Waals surface area contributed by atoms with E-state index in [0.29, 0.717) is 25.9 Å². The van der Waals surface area contributed by atoms with Crippen molar-refractivity contribution in [2.45, 2.75) is 53.0 Å². The van der Waals surface area contributed by atoms with E-state index in [9.17, 15) is 4.79 Å². The molecular formula is C14H23N3O2. The van der Waals surface area contributed by atoms with Crippen LogP contribution in [0.25, 0.3) is 0 Å². The van der Waals surface area contributed by atoms with E-state index in [1.165, 1.54) is 0 Å². The van der Waals surface area contributed by atoms with Gasteiger partial charge in [-0.15, -0.1) is 0 Å². The van der Waals surface area contributed by atoms with Crippen LogP contribution in [0.1, 0.15) is 51.5 Å². The van der Waals surface area contributed by atoms with Gasteiger partial charge in [0.1, 0.15) is 11.5 Å². The van der Waals surface area contributed by atoms with Crippen molar-refractivity contribution < 1.29 is 9.21 Å². The number of nitrogen functional groups attached to an aromatic ring is 1. The van der Waals surface area contributed by atoms with Crippen LogP contribution >= 0.6 is 0 Å². The number of oxazole rings is 1. The molecule has 0 aromatic carbocycles. The van der Waals surface area contributed by atoms with E-state index in [1.54, 1.807) is 0 Å². The van der Waals surface area contributed by atoms with Crippen LogP contribution in [-0.2, 0) is 17.8 Å². The summed E-state index contributed by atoms with van der Waals surface area (Å²) in [5, 5.41) is 0. The molecule has 0 atom stereocenters. The third-order valence-corrected chi connectivity index (χ3v) is 3.41. The molecule has 0 aliphatic carbocycles. The van der Waals surface area contributed by atoms with Crippen molar-refractivity contribution in [3.63, 3.8) is 0 Å². The summed E-state index contributed by atoms with van der Waals surface area (Å²) < 4.78 is 5.29. The van der Waals surface area contributed by atoms with Gasteiger partial charge >= 0.3 is 0 Å². The Kier molecular flexibility index (Phi) is 3.83. The van der Waals surface area contributed by atoms with Gasteiger partial charge in [-0.3, -0.25) is 4.79 Å². The molecule has 0 saturated carbocycles. The molecule has 19 heavy (non-hydrogen) atoms. The van der Waals surface area contributed by atoms with Gasteiger partial charge in [0, 0.05) is 19.4 Å². The molecule has 1 aromatic rings. The van der Waals surface area contributed by atoms with Gasteiger partial charge in [-0.05, 0) is 18.3 Å². The number of aromatic nitrogens is 1. The summed E-state index contributed by atoms with van der Waals surface area (Å²) in [7, 11) is 0. The van der Waals surface area contributed by atoms with E-state index in [-0.39, 0.29) is 17.3 Å². The highest BCUT2D eigenvalue weighted by Gasteiger charge is 2.24. The van der Waals surface area contributed by atoms with E-state index >= 15 is 0 Å². The summed E-state index contributed by atoms with van der Waals surface area (Å²) >= 11 is 0. The van der Waals surface area contributed by atoms with Crippen LogP contribution in [0.2, 0.25) is 0 Å². The second-order valence-electron chi connectivity index (χ2n) is 6.40. The highest BCUT2D eigenvalue weighted by Crippen LogP contribution is 2.24. The van der Waals surface area contributed by atoms with Crippen LogP contribution in [-0.4, -0.2) is 22.3 Å². The first-order valence-electron chi connectivity index (χ1n) is 6.87. The molecule has 0 unspecified atom stereocenters. The fourth-order valence-electron chi connectivity index (χ4n) is 2.36. The first-order valence-corrected chi connectivity index (χ1v) is 6.87. The van der Waals surface area contributed by atoms with Crippen molar-refractivity contribution >= 4 is 11.9 Å². The number of anilines is 1. The van der Waals surface area contributed by atoms with Crippen molar-refractivity contribution in [1.82, 2.24) is 9.88 Å². The average Bonchev–Trinajstić information content (AvgIpc) is 2.65. The topological polar surface area (TPSA) is 72.4 Å². The van der Waals surface area contributed by atoms with Crippen LogP contribution in [0.4, 0.5) is 6.01 Å². The lowest BCUT2D eigenvalue weighted by molar-refractivity contribution is -0.132. The summed E-state index contributed by atoms with van der Waals surface area (Å²) in [6.07, 6.45) is 3.33. The summed E-state index contributed by atoms with van der Waals surface area (Å²) in [4.78, 5) is 18.1. The molecule has 0 radical (unpaired) electrons.